The van der Waals surface area contributed by atoms with Crippen molar-refractivity contribution in [3.05, 3.63) is 36.4 Å². The molecular formula is C18H19N7S2. The Morgan fingerprint density at radius 3 is 2.70 bits per heavy atom. The third-order valence-corrected chi connectivity index (χ3v) is 6.72. The van der Waals surface area contributed by atoms with E-state index in [4.69, 9.17) is 4.98 Å². The molecule has 7 nitrogen and oxygen atoms in total. The van der Waals surface area contributed by atoms with Gasteiger partial charge in [0.2, 0.25) is 5.65 Å². The summed E-state index contributed by atoms with van der Waals surface area (Å²) in [5, 5.41) is 9.58. The molecule has 0 saturated carbocycles. The van der Waals surface area contributed by atoms with Crippen molar-refractivity contribution >= 4 is 49.9 Å². The maximum Gasteiger partial charge on any atom is 0.203 e. The number of hydrogen-bond acceptors (Lipinski definition) is 8. The number of aryl methyl sites for hydroxylation is 1. The third kappa shape index (κ3) is 2.90. The van der Waals surface area contributed by atoms with Crippen molar-refractivity contribution in [2.24, 2.45) is 0 Å². The van der Waals surface area contributed by atoms with E-state index in [0.29, 0.717) is 0 Å². The van der Waals surface area contributed by atoms with E-state index in [1.54, 1.807) is 23.1 Å². The summed E-state index contributed by atoms with van der Waals surface area (Å²) in [5.41, 5.74) is 1.91. The Balaban J connectivity index is 1.36. The smallest absolute Gasteiger partial charge is 0.203 e. The first-order chi connectivity index (χ1) is 13.2. The van der Waals surface area contributed by atoms with Crippen LogP contribution in [-0.4, -0.2) is 57.0 Å². The summed E-state index contributed by atoms with van der Waals surface area (Å²) in [6.45, 7) is 5.59. The topological polar surface area (TPSA) is 62.5 Å². The summed E-state index contributed by atoms with van der Waals surface area (Å²) in [6.07, 6.45) is 5.84. The van der Waals surface area contributed by atoms with Gasteiger partial charge in [-0.1, -0.05) is 11.3 Å². The highest BCUT2D eigenvalue weighted by Crippen LogP contribution is 2.32. The van der Waals surface area contributed by atoms with E-state index < -0.39 is 0 Å². The van der Waals surface area contributed by atoms with E-state index in [0.717, 1.165) is 54.1 Å². The van der Waals surface area contributed by atoms with Gasteiger partial charge in [0.1, 0.15) is 5.82 Å². The fourth-order valence-electron chi connectivity index (χ4n) is 3.42. The summed E-state index contributed by atoms with van der Waals surface area (Å²) in [6, 6.07) is 6.49. The lowest BCUT2D eigenvalue weighted by molar-refractivity contribution is 0.646. The van der Waals surface area contributed by atoms with Crippen LogP contribution < -0.4 is 9.80 Å². The fraction of sp³-hybridized carbons (Fsp3) is 0.333. The molecule has 0 aliphatic carbocycles. The maximum absolute atomic E-state index is 4.84. The van der Waals surface area contributed by atoms with E-state index in [2.05, 4.69) is 49.4 Å². The monoisotopic (exact) mass is 397 g/mol. The van der Waals surface area contributed by atoms with Crippen molar-refractivity contribution < 1.29 is 0 Å². The molecule has 0 spiro atoms. The zero-order valence-electron chi connectivity index (χ0n) is 15.2. The van der Waals surface area contributed by atoms with Crippen molar-refractivity contribution in [1.82, 2.24) is 24.6 Å². The first-order valence-corrected chi connectivity index (χ1v) is 10.9. The largest absolute Gasteiger partial charge is 0.350 e. The molecule has 0 radical (unpaired) electrons. The number of aromatic nitrogens is 5. The number of rotatable bonds is 3. The highest BCUT2D eigenvalue weighted by molar-refractivity contribution is 7.98. The van der Waals surface area contributed by atoms with Crippen molar-refractivity contribution in [1.29, 1.82) is 0 Å². The van der Waals surface area contributed by atoms with Gasteiger partial charge in [-0.05, 0) is 31.4 Å². The Bertz CT molecular complexity index is 1110. The zero-order chi connectivity index (χ0) is 18.4. The van der Waals surface area contributed by atoms with E-state index in [1.165, 1.54) is 9.60 Å². The standard InChI is InChI=1S/C18H19N7S2/c1-12-21-22-17-16(19-5-6-25(12)17)23-7-9-24(10-8-23)18-20-14-4-3-13(26-2)11-15(14)27-18/h3-6,11H,7-10H2,1-2H3. The lowest BCUT2D eigenvalue weighted by Gasteiger charge is -2.35. The molecule has 0 unspecified atom stereocenters. The molecule has 1 aliphatic rings. The Morgan fingerprint density at radius 2 is 1.89 bits per heavy atom. The Morgan fingerprint density at radius 1 is 1.07 bits per heavy atom. The number of anilines is 2. The van der Waals surface area contributed by atoms with Crippen LogP contribution in [0.2, 0.25) is 0 Å². The Kier molecular flexibility index (Phi) is 4.13. The van der Waals surface area contributed by atoms with Crippen molar-refractivity contribution in [3.63, 3.8) is 0 Å². The number of nitrogens with zero attached hydrogens (tertiary/aromatic N) is 7. The fourth-order valence-corrected chi connectivity index (χ4v) is 4.99. The van der Waals surface area contributed by atoms with Gasteiger partial charge in [0.05, 0.1) is 10.2 Å². The van der Waals surface area contributed by atoms with Gasteiger partial charge in [-0.25, -0.2) is 9.97 Å². The van der Waals surface area contributed by atoms with Gasteiger partial charge in [0, 0.05) is 43.5 Å². The SMILES string of the molecule is CSc1ccc2nc(N3CCN(c4nccn5c(C)nnc45)CC3)sc2c1. The lowest BCUT2D eigenvalue weighted by atomic mass is 10.3. The number of piperazine rings is 1. The van der Waals surface area contributed by atoms with E-state index in [1.807, 2.05) is 23.7 Å². The molecule has 0 N–H and O–H groups in total. The number of fused-ring (bicyclic) bond motifs is 2. The Hall–Kier alpha value is -2.39. The second kappa shape index (κ2) is 6.65. The number of hydrogen-bond donors (Lipinski definition) is 0. The molecule has 0 amide bonds. The van der Waals surface area contributed by atoms with Crippen molar-refractivity contribution in [2.75, 3.05) is 42.2 Å². The van der Waals surface area contributed by atoms with Crippen LogP contribution in [0.3, 0.4) is 0 Å². The summed E-state index contributed by atoms with van der Waals surface area (Å²) >= 11 is 3.54. The molecular weight excluding hydrogens is 378 g/mol. The second-order valence-corrected chi connectivity index (χ2v) is 8.38. The zero-order valence-corrected chi connectivity index (χ0v) is 16.8. The van der Waals surface area contributed by atoms with E-state index in [9.17, 15) is 0 Å². The summed E-state index contributed by atoms with van der Waals surface area (Å²) in [7, 11) is 0. The van der Waals surface area contributed by atoms with Crippen molar-refractivity contribution in [3.8, 4) is 0 Å². The minimum Gasteiger partial charge on any atom is -0.350 e. The van der Waals surface area contributed by atoms with Crippen molar-refractivity contribution in [2.45, 2.75) is 11.8 Å². The molecule has 9 heteroatoms. The highest BCUT2D eigenvalue weighted by Gasteiger charge is 2.23. The van der Waals surface area contributed by atoms with Gasteiger partial charge >= 0.3 is 0 Å². The van der Waals surface area contributed by atoms with Crippen LogP contribution in [0.4, 0.5) is 10.9 Å². The molecule has 0 atom stereocenters. The first kappa shape index (κ1) is 16.8. The van der Waals surface area contributed by atoms with Crippen LogP contribution >= 0.6 is 23.1 Å². The van der Waals surface area contributed by atoms with Gasteiger partial charge in [0.15, 0.2) is 10.9 Å². The minimum atomic E-state index is 0.827. The molecule has 5 rings (SSSR count). The van der Waals surface area contributed by atoms with Crippen LogP contribution in [0.25, 0.3) is 15.9 Å². The quantitative estimate of drug-likeness (QED) is 0.492. The van der Waals surface area contributed by atoms with Gasteiger partial charge in [-0.3, -0.25) is 4.40 Å². The summed E-state index contributed by atoms with van der Waals surface area (Å²) < 4.78 is 3.25. The number of benzene rings is 1. The number of thioether (sulfide) groups is 1. The molecule has 1 fully saturated rings. The molecule has 1 saturated heterocycles. The number of thiazole rings is 1. The van der Waals surface area contributed by atoms with Gasteiger partial charge in [-0.15, -0.1) is 22.0 Å². The third-order valence-electron chi connectivity index (χ3n) is 4.91. The molecule has 4 heterocycles. The molecule has 0 bridgehead atoms. The summed E-state index contributed by atoms with van der Waals surface area (Å²) in [5.74, 6) is 1.79. The molecule has 27 heavy (non-hydrogen) atoms. The molecule has 138 valence electrons. The summed E-state index contributed by atoms with van der Waals surface area (Å²) in [4.78, 5) is 15.3. The average molecular weight is 398 g/mol. The van der Waals surface area contributed by atoms with Crippen LogP contribution in [-0.2, 0) is 0 Å². The van der Waals surface area contributed by atoms with Gasteiger partial charge in [-0.2, -0.15) is 0 Å². The van der Waals surface area contributed by atoms with E-state index >= 15 is 0 Å². The van der Waals surface area contributed by atoms with Crippen LogP contribution in [0.15, 0.2) is 35.5 Å². The van der Waals surface area contributed by atoms with Gasteiger partial charge < -0.3 is 9.80 Å². The minimum absolute atomic E-state index is 0.827. The molecule has 1 aliphatic heterocycles. The molecule has 1 aromatic carbocycles. The first-order valence-electron chi connectivity index (χ1n) is 8.84. The van der Waals surface area contributed by atoms with Gasteiger partial charge in [0.25, 0.3) is 0 Å². The molecule has 3 aromatic heterocycles. The van der Waals surface area contributed by atoms with Crippen LogP contribution in [0.1, 0.15) is 5.82 Å². The normalized spacial score (nSPS) is 15.2. The maximum atomic E-state index is 4.84. The van der Waals surface area contributed by atoms with Crippen LogP contribution in [0.5, 0.6) is 0 Å². The molecule has 4 aromatic rings. The second-order valence-electron chi connectivity index (χ2n) is 6.50. The predicted molar refractivity (Wildman–Crippen MR) is 111 cm³/mol. The van der Waals surface area contributed by atoms with E-state index in [-0.39, 0.29) is 0 Å². The average Bonchev–Trinajstić information content (AvgIpc) is 3.31. The lowest BCUT2D eigenvalue weighted by Crippen LogP contribution is -2.47. The Labute approximate surface area is 165 Å². The highest BCUT2D eigenvalue weighted by atomic mass is 32.2. The van der Waals surface area contributed by atoms with Crippen LogP contribution in [0, 0.1) is 6.92 Å². The predicted octanol–water partition coefficient (Wildman–Crippen LogP) is 3.09.